The SMILES string of the molecule is CC(C)(Oc1cc(Cl)c(Cl)cc1Cl)C(=O)NC1C[C@H]2CC[C@@H](C1)N2c1ccc(S(C)(=O)=O)cc1. The topological polar surface area (TPSA) is 75.7 Å². The van der Waals surface area contributed by atoms with Gasteiger partial charge in [-0.3, -0.25) is 4.79 Å². The molecule has 1 N–H and O–H groups in total. The van der Waals surface area contributed by atoms with Gasteiger partial charge in [-0.15, -0.1) is 0 Å². The Hall–Kier alpha value is -1.67. The summed E-state index contributed by atoms with van der Waals surface area (Å²) >= 11 is 18.3. The van der Waals surface area contributed by atoms with Crippen molar-refractivity contribution in [2.45, 2.75) is 68.2 Å². The standard InChI is InChI=1S/C24H27Cl3N2O4S/c1-24(2,33-22-13-20(26)19(25)12-21(22)27)23(30)28-14-10-16-4-5-17(11-14)29(16)15-6-8-18(9-7-15)34(3,31)32/h6-9,12-14,16-17H,4-5,10-11H2,1-3H3,(H,28,30)/t14?,16-,17+. The fourth-order valence-corrected chi connectivity index (χ4v) is 6.05. The molecule has 2 saturated heterocycles. The van der Waals surface area contributed by atoms with E-state index in [0.717, 1.165) is 31.4 Å². The Balaban J connectivity index is 1.42. The van der Waals surface area contributed by atoms with Gasteiger partial charge in [0, 0.05) is 36.1 Å². The van der Waals surface area contributed by atoms with Crippen molar-refractivity contribution in [2.75, 3.05) is 11.2 Å². The predicted molar refractivity (Wildman–Crippen MR) is 136 cm³/mol. The molecule has 0 spiro atoms. The summed E-state index contributed by atoms with van der Waals surface area (Å²) in [5.41, 5.74) is -0.152. The van der Waals surface area contributed by atoms with Crippen LogP contribution in [0.3, 0.4) is 0 Å². The molecule has 1 unspecified atom stereocenters. The largest absolute Gasteiger partial charge is 0.476 e. The van der Waals surface area contributed by atoms with Crippen LogP contribution in [0.1, 0.15) is 39.5 Å². The van der Waals surface area contributed by atoms with Crippen molar-refractivity contribution >= 4 is 56.2 Å². The summed E-state index contributed by atoms with van der Waals surface area (Å²) in [6, 6.07) is 10.6. The molecule has 34 heavy (non-hydrogen) atoms. The molecule has 1 amide bonds. The molecule has 0 radical (unpaired) electrons. The quantitative estimate of drug-likeness (QED) is 0.484. The number of halogens is 3. The molecule has 0 saturated carbocycles. The number of ether oxygens (including phenoxy) is 1. The van der Waals surface area contributed by atoms with Gasteiger partial charge in [-0.2, -0.15) is 0 Å². The molecule has 6 nitrogen and oxygen atoms in total. The minimum atomic E-state index is -3.23. The van der Waals surface area contributed by atoms with E-state index in [9.17, 15) is 13.2 Å². The average molecular weight is 546 g/mol. The third-order valence-electron chi connectivity index (χ3n) is 6.52. The lowest BCUT2D eigenvalue weighted by Gasteiger charge is -2.41. The van der Waals surface area contributed by atoms with Crippen molar-refractivity contribution in [3.63, 3.8) is 0 Å². The highest BCUT2D eigenvalue weighted by atomic mass is 35.5. The highest BCUT2D eigenvalue weighted by Gasteiger charge is 2.42. The van der Waals surface area contributed by atoms with Gasteiger partial charge >= 0.3 is 0 Å². The van der Waals surface area contributed by atoms with E-state index in [2.05, 4.69) is 10.2 Å². The number of amides is 1. The van der Waals surface area contributed by atoms with Crippen LogP contribution >= 0.6 is 34.8 Å². The maximum absolute atomic E-state index is 13.1. The number of piperidine rings is 1. The minimum absolute atomic E-state index is 0.0173. The van der Waals surface area contributed by atoms with E-state index >= 15 is 0 Å². The molecule has 2 heterocycles. The van der Waals surface area contributed by atoms with Crippen LogP contribution in [0.5, 0.6) is 5.75 Å². The molecule has 2 bridgehead atoms. The highest BCUT2D eigenvalue weighted by Crippen LogP contribution is 2.40. The second-order valence-corrected chi connectivity index (χ2v) is 12.7. The van der Waals surface area contributed by atoms with E-state index in [0.29, 0.717) is 20.7 Å². The van der Waals surface area contributed by atoms with Crippen molar-refractivity contribution in [1.29, 1.82) is 0 Å². The Morgan fingerprint density at radius 1 is 1.00 bits per heavy atom. The van der Waals surface area contributed by atoms with Crippen molar-refractivity contribution in [1.82, 2.24) is 5.32 Å². The molecule has 2 aromatic rings. The van der Waals surface area contributed by atoms with Crippen LogP contribution in [-0.2, 0) is 14.6 Å². The molecule has 10 heteroatoms. The summed E-state index contributed by atoms with van der Waals surface area (Å²) in [4.78, 5) is 15.8. The second kappa shape index (κ2) is 9.41. The van der Waals surface area contributed by atoms with Gasteiger partial charge in [-0.05, 0) is 69.9 Å². The van der Waals surface area contributed by atoms with Crippen LogP contribution in [0, 0.1) is 0 Å². The smallest absolute Gasteiger partial charge is 0.263 e. The zero-order valence-corrected chi connectivity index (χ0v) is 22.2. The lowest BCUT2D eigenvalue weighted by molar-refractivity contribution is -0.135. The highest BCUT2D eigenvalue weighted by molar-refractivity contribution is 7.90. The van der Waals surface area contributed by atoms with Gasteiger partial charge in [0.15, 0.2) is 15.4 Å². The fraction of sp³-hybridized carbons (Fsp3) is 0.458. The van der Waals surface area contributed by atoms with E-state index < -0.39 is 15.4 Å². The molecule has 3 atom stereocenters. The molecular formula is C24H27Cl3N2O4S. The number of nitrogens with one attached hydrogen (secondary N) is 1. The summed E-state index contributed by atoms with van der Waals surface area (Å²) in [7, 11) is -3.23. The molecule has 2 fully saturated rings. The van der Waals surface area contributed by atoms with Gasteiger partial charge in [-0.25, -0.2) is 8.42 Å². The van der Waals surface area contributed by atoms with Crippen LogP contribution in [0.25, 0.3) is 0 Å². The maximum atomic E-state index is 13.1. The van der Waals surface area contributed by atoms with Crippen LogP contribution in [0.4, 0.5) is 5.69 Å². The van der Waals surface area contributed by atoms with Crippen LogP contribution < -0.4 is 15.0 Å². The normalized spacial score (nSPS) is 22.5. The van der Waals surface area contributed by atoms with Crippen LogP contribution in [-0.4, -0.2) is 44.3 Å². The minimum Gasteiger partial charge on any atom is -0.476 e. The Morgan fingerprint density at radius 3 is 2.12 bits per heavy atom. The molecule has 0 aliphatic carbocycles. The molecule has 4 rings (SSSR count). The first-order chi connectivity index (χ1) is 15.8. The molecule has 184 valence electrons. The number of rotatable bonds is 6. The van der Waals surface area contributed by atoms with Crippen LogP contribution in [0.2, 0.25) is 15.1 Å². The number of benzene rings is 2. The van der Waals surface area contributed by atoms with Gasteiger partial charge in [0.1, 0.15) is 5.75 Å². The second-order valence-electron chi connectivity index (χ2n) is 9.51. The number of fused-ring (bicyclic) bond motifs is 2. The first kappa shape index (κ1) is 25.4. The zero-order valence-electron chi connectivity index (χ0n) is 19.1. The monoisotopic (exact) mass is 544 g/mol. The third kappa shape index (κ3) is 5.27. The van der Waals surface area contributed by atoms with E-state index in [1.807, 2.05) is 12.1 Å². The lowest BCUT2D eigenvalue weighted by Crippen LogP contribution is -2.55. The third-order valence-corrected chi connectivity index (χ3v) is 8.66. The Bertz CT molecular complexity index is 1190. The number of carbonyl (C=O) groups is 1. The van der Waals surface area contributed by atoms with Crippen LogP contribution in [0.15, 0.2) is 41.3 Å². The molecule has 2 aliphatic rings. The number of sulfone groups is 1. The molecule has 2 aliphatic heterocycles. The van der Waals surface area contributed by atoms with Gasteiger partial charge in [0.2, 0.25) is 0 Å². The predicted octanol–water partition coefficient (Wildman–Crippen LogP) is 5.52. The maximum Gasteiger partial charge on any atom is 0.263 e. The summed E-state index contributed by atoms with van der Waals surface area (Å²) in [5.74, 6) is 0.0636. The van der Waals surface area contributed by atoms with E-state index in [4.69, 9.17) is 39.5 Å². The summed E-state index contributed by atoms with van der Waals surface area (Å²) in [6.07, 6.45) is 4.88. The first-order valence-electron chi connectivity index (χ1n) is 11.1. The van der Waals surface area contributed by atoms with E-state index in [1.54, 1.807) is 26.0 Å². The first-order valence-corrected chi connectivity index (χ1v) is 14.1. The Morgan fingerprint density at radius 2 is 1.56 bits per heavy atom. The number of anilines is 1. The zero-order chi connectivity index (χ0) is 24.8. The number of carbonyl (C=O) groups excluding carboxylic acids is 1. The Kier molecular flexibility index (Phi) is 7.04. The lowest BCUT2D eigenvalue weighted by atomic mass is 9.95. The number of hydrogen-bond acceptors (Lipinski definition) is 5. The van der Waals surface area contributed by atoms with Crippen molar-refractivity contribution in [2.24, 2.45) is 0 Å². The Labute approximate surface area is 215 Å². The summed E-state index contributed by atoms with van der Waals surface area (Å²) < 4.78 is 29.5. The molecule has 0 aromatic heterocycles. The van der Waals surface area contributed by atoms with E-state index in [-0.39, 0.29) is 29.1 Å². The summed E-state index contributed by atoms with van der Waals surface area (Å²) in [6.45, 7) is 3.38. The average Bonchev–Trinajstić information content (AvgIpc) is 3.01. The summed E-state index contributed by atoms with van der Waals surface area (Å²) in [5, 5.41) is 4.05. The van der Waals surface area contributed by atoms with Gasteiger partial charge in [0.25, 0.3) is 5.91 Å². The van der Waals surface area contributed by atoms with Crippen molar-refractivity contribution in [3.8, 4) is 5.75 Å². The van der Waals surface area contributed by atoms with Gasteiger partial charge in [0.05, 0.1) is 20.0 Å². The van der Waals surface area contributed by atoms with Crippen molar-refractivity contribution in [3.05, 3.63) is 51.5 Å². The van der Waals surface area contributed by atoms with Gasteiger partial charge < -0.3 is 15.0 Å². The molecular weight excluding hydrogens is 519 g/mol. The van der Waals surface area contributed by atoms with Gasteiger partial charge in [-0.1, -0.05) is 34.8 Å². The molecule has 2 aromatic carbocycles. The number of hydrogen-bond donors (Lipinski definition) is 1. The van der Waals surface area contributed by atoms with E-state index in [1.165, 1.54) is 18.4 Å². The van der Waals surface area contributed by atoms with Crippen molar-refractivity contribution < 1.29 is 17.9 Å². The number of nitrogens with zero attached hydrogens (tertiary/aromatic N) is 1. The fourth-order valence-electron chi connectivity index (χ4n) is 4.84.